The maximum atomic E-state index is 13.4. The number of carbonyl (C=O) groups excluding carboxylic acids is 2. The first-order chi connectivity index (χ1) is 15.0. The molecule has 0 radical (unpaired) electrons. The highest BCUT2D eigenvalue weighted by Gasteiger charge is 2.44. The van der Waals surface area contributed by atoms with Crippen molar-refractivity contribution in [3.63, 3.8) is 0 Å². The molecule has 2 amide bonds. The minimum absolute atomic E-state index is 0.0161. The first kappa shape index (κ1) is 21.0. The molecule has 1 heterocycles. The summed E-state index contributed by atoms with van der Waals surface area (Å²) in [4.78, 5) is 29.4. The molecule has 156 valence electrons. The molecule has 0 spiro atoms. The molecule has 0 bridgehead atoms. The monoisotopic (exact) mass is 449 g/mol. The number of amides is 2. The first-order valence-electron chi connectivity index (χ1n) is 9.82. The van der Waals surface area contributed by atoms with Crippen molar-refractivity contribution in [1.29, 1.82) is 0 Å². The SMILES string of the molecule is O=C(CC1C(=O)N(c2ccccc2)C(=S)N1Cc1cccc(Cl)c1)Nc1ccccc1. The molecule has 0 aliphatic carbocycles. The van der Waals surface area contributed by atoms with Crippen LogP contribution in [0.25, 0.3) is 0 Å². The molecule has 4 rings (SSSR count). The lowest BCUT2D eigenvalue weighted by molar-refractivity contribution is -0.124. The number of halogens is 1. The van der Waals surface area contributed by atoms with Crippen molar-refractivity contribution >= 4 is 52.1 Å². The van der Waals surface area contributed by atoms with Crippen LogP contribution >= 0.6 is 23.8 Å². The third-order valence-corrected chi connectivity index (χ3v) is 5.66. The number of para-hydroxylation sites is 2. The van der Waals surface area contributed by atoms with Gasteiger partial charge in [0, 0.05) is 17.3 Å². The number of benzene rings is 3. The topological polar surface area (TPSA) is 52.7 Å². The molecule has 1 saturated heterocycles. The predicted octanol–water partition coefficient (Wildman–Crippen LogP) is 4.87. The first-order valence-corrected chi connectivity index (χ1v) is 10.6. The number of nitrogens with zero attached hydrogens (tertiary/aromatic N) is 2. The number of anilines is 2. The van der Waals surface area contributed by atoms with Crippen molar-refractivity contribution in [3.8, 4) is 0 Å². The summed E-state index contributed by atoms with van der Waals surface area (Å²) in [6.45, 7) is 0.373. The molecule has 1 atom stereocenters. The second-order valence-electron chi connectivity index (χ2n) is 7.18. The molecule has 5 nitrogen and oxygen atoms in total. The Bertz CT molecular complexity index is 1110. The minimum Gasteiger partial charge on any atom is -0.332 e. The summed E-state index contributed by atoms with van der Waals surface area (Å²) in [6, 6.07) is 25.1. The van der Waals surface area contributed by atoms with Crippen LogP contribution in [-0.2, 0) is 16.1 Å². The van der Waals surface area contributed by atoms with Gasteiger partial charge in [-0.1, -0.05) is 60.1 Å². The van der Waals surface area contributed by atoms with Gasteiger partial charge in [-0.3, -0.25) is 14.5 Å². The summed E-state index contributed by atoms with van der Waals surface area (Å²) in [5.41, 5.74) is 2.27. The van der Waals surface area contributed by atoms with E-state index in [0.29, 0.717) is 28.1 Å². The van der Waals surface area contributed by atoms with Crippen LogP contribution in [0.2, 0.25) is 5.02 Å². The molecule has 3 aromatic rings. The van der Waals surface area contributed by atoms with E-state index < -0.39 is 6.04 Å². The van der Waals surface area contributed by atoms with Crippen LogP contribution in [-0.4, -0.2) is 27.9 Å². The van der Waals surface area contributed by atoms with E-state index in [1.165, 1.54) is 4.90 Å². The van der Waals surface area contributed by atoms with Gasteiger partial charge >= 0.3 is 0 Å². The molecule has 31 heavy (non-hydrogen) atoms. The Hall–Kier alpha value is -3.22. The lowest BCUT2D eigenvalue weighted by Crippen LogP contribution is -2.37. The van der Waals surface area contributed by atoms with E-state index in [-0.39, 0.29) is 18.2 Å². The number of hydrogen-bond donors (Lipinski definition) is 1. The highest BCUT2D eigenvalue weighted by atomic mass is 35.5. The standard InChI is InChI=1S/C24H20ClN3O2S/c25-18-9-7-8-17(14-18)16-27-21(15-22(29)26-19-10-3-1-4-11-19)23(30)28(24(27)31)20-12-5-2-6-13-20/h1-14,21H,15-16H2,(H,26,29). The fourth-order valence-electron chi connectivity index (χ4n) is 3.57. The Balaban J connectivity index is 1.61. The predicted molar refractivity (Wildman–Crippen MR) is 127 cm³/mol. The lowest BCUT2D eigenvalue weighted by atomic mass is 10.1. The average molecular weight is 450 g/mol. The molecular weight excluding hydrogens is 430 g/mol. The van der Waals surface area contributed by atoms with Crippen LogP contribution in [0.4, 0.5) is 11.4 Å². The van der Waals surface area contributed by atoms with Crippen LogP contribution in [0.5, 0.6) is 0 Å². The number of carbonyl (C=O) groups is 2. The fourth-order valence-corrected chi connectivity index (χ4v) is 4.17. The molecule has 1 unspecified atom stereocenters. The molecule has 3 aromatic carbocycles. The Morgan fingerprint density at radius 3 is 2.32 bits per heavy atom. The second-order valence-corrected chi connectivity index (χ2v) is 7.99. The van der Waals surface area contributed by atoms with Gasteiger partial charge in [0.05, 0.1) is 12.1 Å². The Morgan fingerprint density at radius 2 is 1.65 bits per heavy atom. The zero-order chi connectivity index (χ0) is 21.8. The molecule has 1 fully saturated rings. The second kappa shape index (κ2) is 9.29. The van der Waals surface area contributed by atoms with E-state index >= 15 is 0 Å². The molecule has 1 aliphatic rings. The highest BCUT2D eigenvalue weighted by molar-refractivity contribution is 7.80. The average Bonchev–Trinajstić information content (AvgIpc) is 2.99. The number of thiocarbonyl (C=S) groups is 1. The van der Waals surface area contributed by atoms with E-state index in [4.69, 9.17) is 23.8 Å². The van der Waals surface area contributed by atoms with E-state index in [1.54, 1.807) is 23.1 Å². The molecule has 0 saturated carbocycles. The summed E-state index contributed by atoms with van der Waals surface area (Å²) in [6.07, 6.45) is -0.0161. The number of rotatable bonds is 6. The Labute approximate surface area is 191 Å². The van der Waals surface area contributed by atoms with E-state index in [1.807, 2.05) is 66.7 Å². The van der Waals surface area contributed by atoms with Crippen LogP contribution < -0.4 is 10.2 Å². The van der Waals surface area contributed by atoms with Gasteiger partial charge in [-0.05, 0) is 54.2 Å². The summed E-state index contributed by atoms with van der Waals surface area (Å²) in [5, 5.41) is 3.82. The van der Waals surface area contributed by atoms with E-state index in [2.05, 4.69) is 5.32 Å². The van der Waals surface area contributed by atoms with Crippen LogP contribution in [0.15, 0.2) is 84.9 Å². The van der Waals surface area contributed by atoms with Crippen LogP contribution in [0.1, 0.15) is 12.0 Å². The summed E-state index contributed by atoms with van der Waals surface area (Å²) in [5.74, 6) is -0.472. The lowest BCUT2D eigenvalue weighted by Gasteiger charge is -2.24. The third kappa shape index (κ3) is 4.76. The molecular formula is C24H20ClN3O2S. The Morgan fingerprint density at radius 1 is 0.968 bits per heavy atom. The van der Waals surface area contributed by atoms with Gasteiger partial charge in [-0.25, -0.2) is 0 Å². The molecule has 7 heteroatoms. The van der Waals surface area contributed by atoms with Gasteiger partial charge in [0.25, 0.3) is 5.91 Å². The van der Waals surface area contributed by atoms with Crippen LogP contribution in [0, 0.1) is 0 Å². The van der Waals surface area contributed by atoms with Crippen LogP contribution in [0.3, 0.4) is 0 Å². The zero-order valence-electron chi connectivity index (χ0n) is 16.6. The Kier molecular flexibility index (Phi) is 6.30. The quantitative estimate of drug-likeness (QED) is 0.545. The van der Waals surface area contributed by atoms with E-state index in [0.717, 1.165) is 5.56 Å². The van der Waals surface area contributed by atoms with Gasteiger partial charge in [-0.2, -0.15) is 0 Å². The summed E-state index contributed by atoms with van der Waals surface area (Å²) < 4.78 is 0. The van der Waals surface area contributed by atoms with Crippen molar-refractivity contribution in [2.75, 3.05) is 10.2 Å². The normalized spacial score (nSPS) is 16.0. The smallest absolute Gasteiger partial charge is 0.256 e. The maximum Gasteiger partial charge on any atom is 0.256 e. The van der Waals surface area contributed by atoms with Crippen molar-refractivity contribution in [2.24, 2.45) is 0 Å². The summed E-state index contributed by atoms with van der Waals surface area (Å²) in [7, 11) is 0. The zero-order valence-corrected chi connectivity index (χ0v) is 18.1. The molecule has 1 N–H and O–H groups in total. The van der Waals surface area contributed by atoms with Gasteiger partial charge in [0.15, 0.2) is 5.11 Å². The highest BCUT2D eigenvalue weighted by Crippen LogP contribution is 2.29. The molecule has 1 aliphatic heterocycles. The minimum atomic E-state index is -0.713. The van der Waals surface area contributed by atoms with Gasteiger partial charge < -0.3 is 10.2 Å². The third-order valence-electron chi connectivity index (χ3n) is 5.01. The number of nitrogens with one attached hydrogen (secondary N) is 1. The van der Waals surface area contributed by atoms with Crippen molar-refractivity contribution in [1.82, 2.24) is 4.90 Å². The van der Waals surface area contributed by atoms with Crippen molar-refractivity contribution < 1.29 is 9.59 Å². The fraction of sp³-hybridized carbons (Fsp3) is 0.125. The van der Waals surface area contributed by atoms with Gasteiger partial charge in [0.2, 0.25) is 5.91 Å². The maximum absolute atomic E-state index is 13.4. The largest absolute Gasteiger partial charge is 0.332 e. The van der Waals surface area contributed by atoms with Crippen molar-refractivity contribution in [3.05, 3.63) is 95.5 Å². The van der Waals surface area contributed by atoms with Crippen molar-refractivity contribution in [2.45, 2.75) is 19.0 Å². The summed E-state index contributed by atoms with van der Waals surface area (Å²) >= 11 is 11.8. The molecule has 0 aromatic heterocycles. The van der Waals surface area contributed by atoms with Gasteiger partial charge in [-0.15, -0.1) is 0 Å². The van der Waals surface area contributed by atoms with Gasteiger partial charge in [0.1, 0.15) is 6.04 Å². The number of hydrogen-bond acceptors (Lipinski definition) is 3. The van der Waals surface area contributed by atoms with E-state index in [9.17, 15) is 9.59 Å².